The van der Waals surface area contributed by atoms with E-state index in [4.69, 9.17) is 0 Å². The largest absolute Gasteiger partial charge is 0.393 e. The summed E-state index contributed by atoms with van der Waals surface area (Å²) in [6.07, 6.45) is 5.07. The summed E-state index contributed by atoms with van der Waals surface area (Å²) in [5, 5.41) is 20.7. The van der Waals surface area contributed by atoms with Crippen molar-refractivity contribution >= 4 is 38.6 Å². The zero-order chi connectivity index (χ0) is 20.2. The Kier molecular flexibility index (Phi) is 6.17. The quantitative estimate of drug-likeness (QED) is 0.467. The van der Waals surface area contributed by atoms with Crippen molar-refractivity contribution in [1.29, 1.82) is 0 Å². The molecule has 1 saturated carbocycles. The van der Waals surface area contributed by atoms with Gasteiger partial charge in [-0.05, 0) is 37.8 Å². The number of hydrogen-bond acceptors (Lipinski definition) is 9. The van der Waals surface area contributed by atoms with Gasteiger partial charge in [0.05, 0.1) is 11.8 Å². The molecule has 0 atom stereocenters. The molecule has 1 fully saturated rings. The fraction of sp³-hybridized carbons (Fsp3) is 0.500. The SMILES string of the molecule is CC(C)NCc1cc(Nc2nc3cccnc3s2)nc(N[C@H]2CC[C@H](O)CC2)n1. The number of thiazole rings is 1. The van der Waals surface area contributed by atoms with E-state index in [9.17, 15) is 5.11 Å². The fourth-order valence-electron chi connectivity index (χ4n) is 3.36. The van der Waals surface area contributed by atoms with Crippen molar-refractivity contribution in [3.8, 4) is 0 Å². The summed E-state index contributed by atoms with van der Waals surface area (Å²) in [4.78, 5) is 19.2. The Morgan fingerprint density at radius 2 is 2.00 bits per heavy atom. The van der Waals surface area contributed by atoms with E-state index >= 15 is 0 Å². The maximum atomic E-state index is 9.74. The number of aliphatic hydroxyl groups excluding tert-OH is 1. The number of aromatic nitrogens is 4. The number of pyridine rings is 1. The molecule has 0 unspecified atom stereocenters. The van der Waals surface area contributed by atoms with Gasteiger partial charge in [-0.2, -0.15) is 4.98 Å². The van der Waals surface area contributed by atoms with Crippen molar-refractivity contribution in [2.24, 2.45) is 0 Å². The van der Waals surface area contributed by atoms with Gasteiger partial charge in [0, 0.05) is 30.9 Å². The second-order valence-corrected chi connectivity index (χ2v) is 8.70. The number of aliphatic hydroxyl groups is 1. The fourth-order valence-corrected chi connectivity index (χ4v) is 4.18. The Morgan fingerprint density at radius 3 is 2.76 bits per heavy atom. The van der Waals surface area contributed by atoms with Gasteiger partial charge < -0.3 is 21.1 Å². The number of nitrogens with zero attached hydrogens (tertiary/aromatic N) is 4. The average Bonchev–Trinajstić information content (AvgIpc) is 3.10. The van der Waals surface area contributed by atoms with Gasteiger partial charge in [0.1, 0.15) is 16.2 Å². The first-order valence-corrected chi connectivity index (χ1v) is 10.9. The Morgan fingerprint density at radius 1 is 1.17 bits per heavy atom. The van der Waals surface area contributed by atoms with Gasteiger partial charge in [0.15, 0.2) is 5.13 Å². The van der Waals surface area contributed by atoms with Crippen molar-refractivity contribution in [2.45, 2.75) is 64.3 Å². The maximum absolute atomic E-state index is 9.74. The molecule has 1 aliphatic carbocycles. The zero-order valence-electron chi connectivity index (χ0n) is 16.7. The van der Waals surface area contributed by atoms with Crippen molar-refractivity contribution in [3.63, 3.8) is 0 Å². The minimum Gasteiger partial charge on any atom is -0.393 e. The Bertz CT molecular complexity index is 920. The molecule has 4 rings (SSSR count). The van der Waals surface area contributed by atoms with Crippen LogP contribution in [0.1, 0.15) is 45.2 Å². The molecule has 1 aliphatic rings. The standard InChI is InChI=1S/C20H27N7OS/c1-12(2)22-11-14-10-17(27-20-25-16-4-3-9-21-18(16)29-20)26-19(24-14)23-13-5-7-15(28)8-6-13/h3-4,9-10,12-13,15,22,28H,5-8,11H2,1-2H3,(H2,23,24,25,26,27)/t13-,15-. The molecular weight excluding hydrogens is 386 g/mol. The lowest BCUT2D eigenvalue weighted by Gasteiger charge is -2.26. The molecule has 0 aromatic carbocycles. The van der Waals surface area contributed by atoms with Crippen LogP contribution in [-0.2, 0) is 6.54 Å². The smallest absolute Gasteiger partial charge is 0.225 e. The van der Waals surface area contributed by atoms with Crippen LogP contribution < -0.4 is 16.0 Å². The van der Waals surface area contributed by atoms with E-state index < -0.39 is 0 Å². The van der Waals surface area contributed by atoms with Gasteiger partial charge in [0.25, 0.3) is 0 Å². The van der Waals surface area contributed by atoms with Gasteiger partial charge in [-0.1, -0.05) is 25.2 Å². The lowest BCUT2D eigenvalue weighted by Crippen LogP contribution is -2.29. The molecule has 9 heteroatoms. The Labute approximate surface area is 174 Å². The lowest BCUT2D eigenvalue weighted by atomic mass is 9.93. The lowest BCUT2D eigenvalue weighted by molar-refractivity contribution is 0.126. The first-order chi connectivity index (χ1) is 14.0. The molecule has 0 spiro atoms. The molecule has 8 nitrogen and oxygen atoms in total. The summed E-state index contributed by atoms with van der Waals surface area (Å²) in [7, 11) is 0. The van der Waals surface area contributed by atoms with Crippen LogP contribution in [0.5, 0.6) is 0 Å². The molecule has 29 heavy (non-hydrogen) atoms. The minimum absolute atomic E-state index is 0.180. The molecule has 4 N–H and O–H groups in total. The van der Waals surface area contributed by atoms with Crippen molar-refractivity contribution in [2.75, 3.05) is 10.6 Å². The molecule has 0 bridgehead atoms. The van der Waals surface area contributed by atoms with E-state index in [1.54, 1.807) is 6.20 Å². The predicted molar refractivity (Wildman–Crippen MR) is 117 cm³/mol. The van der Waals surface area contributed by atoms with Crippen LogP contribution in [0.4, 0.5) is 16.9 Å². The van der Waals surface area contributed by atoms with E-state index in [-0.39, 0.29) is 12.1 Å². The summed E-state index contributed by atoms with van der Waals surface area (Å²) in [6, 6.07) is 6.44. The summed E-state index contributed by atoms with van der Waals surface area (Å²) >= 11 is 1.50. The zero-order valence-corrected chi connectivity index (χ0v) is 17.5. The van der Waals surface area contributed by atoms with Gasteiger partial charge in [-0.15, -0.1) is 0 Å². The summed E-state index contributed by atoms with van der Waals surface area (Å²) in [5.74, 6) is 1.31. The van der Waals surface area contributed by atoms with Crippen LogP contribution >= 0.6 is 11.3 Å². The molecule has 0 radical (unpaired) electrons. The summed E-state index contributed by atoms with van der Waals surface area (Å²) in [5.41, 5.74) is 1.78. The van der Waals surface area contributed by atoms with Crippen LogP contribution in [-0.4, -0.2) is 43.2 Å². The number of hydrogen-bond donors (Lipinski definition) is 4. The van der Waals surface area contributed by atoms with Gasteiger partial charge in [-0.3, -0.25) is 0 Å². The van der Waals surface area contributed by atoms with E-state index in [1.165, 1.54) is 11.3 Å². The summed E-state index contributed by atoms with van der Waals surface area (Å²) in [6.45, 7) is 4.89. The van der Waals surface area contributed by atoms with E-state index in [0.717, 1.165) is 46.9 Å². The monoisotopic (exact) mass is 413 g/mol. The molecular formula is C20H27N7OS. The molecule has 0 amide bonds. The van der Waals surface area contributed by atoms with Crippen LogP contribution in [0.25, 0.3) is 10.3 Å². The van der Waals surface area contributed by atoms with Crippen LogP contribution in [0.3, 0.4) is 0 Å². The Balaban J connectivity index is 1.54. The maximum Gasteiger partial charge on any atom is 0.225 e. The highest BCUT2D eigenvalue weighted by atomic mass is 32.1. The molecule has 3 aromatic rings. The molecule has 154 valence electrons. The second kappa shape index (κ2) is 8.98. The first-order valence-electron chi connectivity index (χ1n) is 10.1. The molecule has 3 aromatic heterocycles. The number of rotatable bonds is 7. The van der Waals surface area contributed by atoms with E-state index in [1.807, 2.05) is 18.2 Å². The second-order valence-electron chi connectivity index (χ2n) is 7.73. The van der Waals surface area contributed by atoms with Crippen LogP contribution in [0.2, 0.25) is 0 Å². The number of anilines is 3. The first kappa shape index (κ1) is 19.9. The molecule has 3 heterocycles. The average molecular weight is 414 g/mol. The topological polar surface area (TPSA) is 108 Å². The third-order valence-corrected chi connectivity index (χ3v) is 5.80. The van der Waals surface area contributed by atoms with Gasteiger partial charge in [0.2, 0.25) is 5.95 Å². The van der Waals surface area contributed by atoms with Crippen LogP contribution in [0, 0.1) is 0 Å². The van der Waals surface area contributed by atoms with Crippen LogP contribution in [0.15, 0.2) is 24.4 Å². The van der Waals surface area contributed by atoms with Crippen molar-refractivity contribution < 1.29 is 5.11 Å². The molecule has 0 aliphatic heterocycles. The highest BCUT2D eigenvalue weighted by Crippen LogP contribution is 2.27. The normalized spacial score (nSPS) is 19.6. The van der Waals surface area contributed by atoms with Gasteiger partial charge >= 0.3 is 0 Å². The Hall–Kier alpha value is -2.36. The van der Waals surface area contributed by atoms with E-state index in [2.05, 4.69) is 49.7 Å². The van der Waals surface area contributed by atoms with Crippen molar-refractivity contribution in [1.82, 2.24) is 25.3 Å². The third kappa shape index (κ3) is 5.37. The minimum atomic E-state index is -0.180. The van der Waals surface area contributed by atoms with Gasteiger partial charge in [-0.25, -0.2) is 15.0 Å². The van der Waals surface area contributed by atoms with E-state index in [0.29, 0.717) is 24.4 Å². The highest BCUT2D eigenvalue weighted by molar-refractivity contribution is 7.21. The molecule has 0 saturated heterocycles. The number of fused-ring (bicyclic) bond motifs is 1. The number of nitrogens with one attached hydrogen (secondary N) is 3. The third-order valence-electron chi connectivity index (χ3n) is 4.90. The highest BCUT2D eigenvalue weighted by Gasteiger charge is 2.20. The van der Waals surface area contributed by atoms with Crippen molar-refractivity contribution in [3.05, 3.63) is 30.1 Å². The predicted octanol–water partition coefficient (Wildman–Crippen LogP) is 3.44. The summed E-state index contributed by atoms with van der Waals surface area (Å²) < 4.78 is 0.